The number of hydrogen-bond acceptors (Lipinski definition) is 6. The Bertz CT molecular complexity index is 976. The fourth-order valence-electron chi connectivity index (χ4n) is 3.49. The van der Waals surface area contributed by atoms with Gasteiger partial charge in [0.2, 0.25) is 30.0 Å². The first-order chi connectivity index (χ1) is 22.6. The van der Waals surface area contributed by atoms with Crippen LogP contribution in [0, 0.1) is 0 Å². The van der Waals surface area contributed by atoms with Crippen molar-refractivity contribution in [2.75, 3.05) is 13.1 Å². The van der Waals surface area contributed by atoms with Gasteiger partial charge >= 0.3 is 6.18 Å². The summed E-state index contributed by atoms with van der Waals surface area (Å²) in [5.41, 5.74) is 5.35. The highest BCUT2D eigenvalue weighted by Crippen LogP contribution is 2.19. The van der Waals surface area contributed by atoms with Gasteiger partial charge in [0, 0.05) is 12.8 Å². The molecule has 1 aromatic rings. The third-order valence-electron chi connectivity index (χ3n) is 6.19. The van der Waals surface area contributed by atoms with Crippen LogP contribution in [0.5, 0.6) is 0 Å². The van der Waals surface area contributed by atoms with E-state index < -0.39 is 48.6 Å². The second-order valence-corrected chi connectivity index (χ2v) is 11.0. The number of alkyl halides is 3. The second-order valence-electron chi connectivity index (χ2n) is 11.0. The quantitative estimate of drug-likeness (QED) is 0.0922. The lowest BCUT2D eigenvalue weighted by Crippen LogP contribution is -2.55. The third kappa shape index (κ3) is 30.9. The molecule has 0 fully saturated rings. The molecule has 0 bridgehead atoms. The normalized spacial score (nSPS) is 12.0. The van der Waals surface area contributed by atoms with Crippen molar-refractivity contribution in [1.29, 1.82) is 0 Å². The van der Waals surface area contributed by atoms with Crippen LogP contribution in [0.4, 0.5) is 13.2 Å². The standard InChI is InChI=1S/C18H23F3N4O5.C10H22.C3H7NO.C3H8/c1-11(16(29)23-8-14(27)18(19,20)21)24-17(30)13(25-15(28)9-22-10-26)7-12-5-3-2-4-6-12;1-3-5-7-9-10-8-6-4-2;1-2-3(4)5;1-3-2/h2-6,10-11,13-14,27H,7-9H2,1H3,(H,22,26)(H,23,29)(H,24,30)(H,25,28);3-10H2,1-2H3;2H2,1H3,(H2,4,5);3H2,1-2H3. The first-order valence-corrected chi connectivity index (χ1v) is 16.8. The van der Waals surface area contributed by atoms with E-state index in [0.29, 0.717) is 18.4 Å². The van der Waals surface area contributed by atoms with Crippen molar-refractivity contribution in [3.8, 4) is 0 Å². The van der Waals surface area contributed by atoms with Crippen LogP contribution < -0.4 is 27.0 Å². The van der Waals surface area contributed by atoms with Gasteiger partial charge in [-0.05, 0) is 12.5 Å². The van der Waals surface area contributed by atoms with Gasteiger partial charge in [-0.25, -0.2) is 0 Å². The summed E-state index contributed by atoms with van der Waals surface area (Å²) in [7, 11) is 0. The van der Waals surface area contributed by atoms with Crippen molar-refractivity contribution < 1.29 is 42.3 Å². The molecule has 0 aliphatic rings. The van der Waals surface area contributed by atoms with Crippen LogP contribution in [-0.2, 0) is 30.4 Å². The number of aliphatic hydroxyl groups excluding tert-OH is 1. The minimum Gasteiger partial charge on any atom is -0.382 e. The molecule has 0 aliphatic carbocycles. The molecule has 0 aliphatic heterocycles. The van der Waals surface area contributed by atoms with Crippen molar-refractivity contribution in [3.63, 3.8) is 0 Å². The van der Waals surface area contributed by atoms with Crippen molar-refractivity contribution >= 4 is 30.0 Å². The van der Waals surface area contributed by atoms with Crippen LogP contribution in [0.1, 0.15) is 111 Å². The van der Waals surface area contributed by atoms with Gasteiger partial charge in [-0.15, -0.1) is 0 Å². The summed E-state index contributed by atoms with van der Waals surface area (Å²) in [5, 5.41) is 17.7. The highest BCUT2D eigenvalue weighted by atomic mass is 19.4. The number of amides is 5. The molecule has 1 aromatic carbocycles. The number of carbonyl (C=O) groups excluding carboxylic acids is 5. The molecule has 3 unspecified atom stereocenters. The number of halogens is 3. The Morgan fingerprint density at radius 3 is 1.75 bits per heavy atom. The average Bonchev–Trinajstić information content (AvgIpc) is 3.04. The summed E-state index contributed by atoms with van der Waals surface area (Å²) in [6.07, 6.45) is 5.91. The molecule has 7 N–H and O–H groups in total. The molecule has 5 amide bonds. The maximum atomic E-state index is 12.5. The first-order valence-electron chi connectivity index (χ1n) is 16.8. The highest BCUT2D eigenvalue weighted by Gasteiger charge is 2.38. The van der Waals surface area contributed by atoms with Gasteiger partial charge in [0.05, 0.1) is 13.1 Å². The van der Waals surface area contributed by atoms with E-state index in [1.807, 2.05) is 5.32 Å². The van der Waals surface area contributed by atoms with Gasteiger partial charge in [0.15, 0.2) is 6.10 Å². The van der Waals surface area contributed by atoms with Crippen LogP contribution in [0.2, 0.25) is 0 Å². The monoisotopic (exact) mass is 691 g/mol. The van der Waals surface area contributed by atoms with Crippen molar-refractivity contribution in [3.05, 3.63) is 35.9 Å². The lowest BCUT2D eigenvalue weighted by molar-refractivity contribution is -0.201. The van der Waals surface area contributed by atoms with Crippen LogP contribution in [-0.4, -0.2) is 72.6 Å². The Morgan fingerprint density at radius 1 is 0.854 bits per heavy atom. The molecule has 0 aromatic heterocycles. The smallest absolute Gasteiger partial charge is 0.382 e. The number of primary amides is 1. The molecule has 278 valence electrons. The Balaban J connectivity index is -0.000000918. The van der Waals surface area contributed by atoms with E-state index in [1.165, 1.54) is 64.7 Å². The first kappa shape index (κ1) is 48.7. The molecular formula is C34H60F3N5O6. The third-order valence-corrected chi connectivity index (χ3v) is 6.19. The predicted molar refractivity (Wildman–Crippen MR) is 183 cm³/mol. The van der Waals surface area contributed by atoms with Crippen molar-refractivity contribution in [2.45, 2.75) is 137 Å². The van der Waals surface area contributed by atoms with E-state index in [0.717, 1.165) is 0 Å². The summed E-state index contributed by atoms with van der Waals surface area (Å²) in [6.45, 7) is 10.3. The molecule has 11 nitrogen and oxygen atoms in total. The fraction of sp³-hybridized carbons (Fsp3) is 0.676. The van der Waals surface area contributed by atoms with E-state index in [-0.39, 0.29) is 18.9 Å². The van der Waals surface area contributed by atoms with Gasteiger partial charge in [0.25, 0.3) is 0 Å². The zero-order valence-electron chi connectivity index (χ0n) is 29.6. The molecule has 0 saturated carbocycles. The van der Waals surface area contributed by atoms with Gasteiger partial charge < -0.3 is 32.1 Å². The number of carbonyl (C=O) groups is 5. The molecule has 14 heteroatoms. The van der Waals surface area contributed by atoms with Gasteiger partial charge in [-0.3, -0.25) is 24.0 Å². The zero-order chi connectivity index (χ0) is 37.4. The maximum absolute atomic E-state index is 12.5. The Hall–Kier alpha value is -3.68. The van der Waals surface area contributed by atoms with Crippen molar-refractivity contribution in [2.24, 2.45) is 5.73 Å². The topological polar surface area (TPSA) is 180 Å². The molecule has 0 heterocycles. The van der Waals surface area contributed by atoms with E-state index in [9.17, 15) is 37.1 Å². The molecule has 48 heavy (non-hydrogen) atoms. The summed E-state index contributed by atoms with van der Waals surface area (Å²) in [5.74, 6) is -2.59. The van der Waals surface area contributed by atoms with Gasteiger partial charge in [-0.1, -0.05) is 123 Å². The lowest BCUT2D eigenvalue weighted by atomic mass is 10.0. The summed E-state index contributed by atoms with van der Waals surface area (Å²) in [6, 6.07) is 6.29. The number of nitrogens with two attached hydrogens (primary N) is 1. The Kier molecular flexibility index (Phi) is 32.4. The predicted octanol–water partition coefficient (Wildman–Crippen LogP) is 4.45. The molecule has 1 rings (SSSR count). The Morgan fingerprint density at radius 2 is 1.33 bits per heavy atom. The maximum Gasteiger partial charge on any atom is 0.416 e. The SMILES string of the molecule is CC(NC(=O)C(Cc1ccccc1)NC(=O)CNC=O)C(=O)NCC(O)C(F)(F)F.CCC.CCC(N)=O.CCCCCCCCCC. The van der Waals surface area contributed by atoms with E-state index in [1.54, 1.807) is 37.3 Å². The Labute approximate surface area is 284 Å². The molecule has 0 spiro atoms. The van der Waals surface area contributed by atoms with Crippen molar-refractivity contribution in [1.82, 2.24) is 21.3 Å². The number of nitrogens with one attached hydrogen (secondary N) is 4. The number of aliphatic hydroxyl groups is 1. The van der Waals surface area contributed by atoms with E-state index in [4.69, 9.17) is 5.11 Å². The summed E-state index contributed by atoms with van der Waals surface area (Å²) >= 11 is 0. The molecular weight excluding hydrogens is 631 g/mol. The zero-order valence-corrected chi connectivity index (χ0v) is 29.6. The fourth-order valence-corrected chi connectivity index (χ4v) is 3.49. The summed E-state index contributed by atoms with van der Waals surface area (Å²) < 4.78 is 36.9. The number of rotatable bonds is 19. The number of hydrogen-bond donors (Lipinski definition) is 6. The largest absolute Gasteiger partial charge is 0.416 e. The van der Waals surface area contributed by atoms with E-state index >= 15 is 0 Å². The highest BCUT2D eigenvalue weighted by molar-refractivity contribution is 5.92. The van der Waals surface area contributed by atoms with E-state index in [2.05, 4.69) is 49.4 Å². The van der Waals surface area contributed by atoms with Crippen LogP contribution in [0.25, 0.3) is 0 Å². The second kappa shape index (κ2) is 31.9. The van der Waals surface area contributed by atoms with Gasteiger partial charge in [0.1, 0.15) is 12.1 Å². The molecule has 3 atom stereocenters. The van der Waals surface area contributed by atoms with Gasteiger partial charge in [-0.2, -0.15) is 13.2 Å². The minimum absolute atomic E-state index is 0.0701. The number of benzene rings is 1. The van der Waals surface area contributed by atoms with Crippen LogP contribution >= 0.6 is 0 Å². The lowest BCUT2D eigenvalue weighted by Gasteiger charge is -2.22. The molecule has 0 saturated heterocycles. The van der Waals surface area contributed by atoms with Crippen LogP contribution in [0.15, 0.2) is 30.3 Å². The van der Waals surface area contributed by atoms with Crippen LogP contribution in [0.3, 0.4) is 0 Å². The summed E-state index contributed by atoms with van der Waals surface area (Å²) in [4.78, 5) is 56.2. The minimum atomic E-state index is -4.89. The average molecular weight is 692 g/mol. The molecule has 0 radical (unpaired) electrons. The number of unbranched alkanes of at least 4 members (excludes halogenated alkanes) is 7.